The molecular formula is C31H28Cl2N2O8S2. The van der Waals surface area contributed by atoms with Crippen molar-refractivity contribution >= 4 is 60.0 Å². The zero-order valence-corrected chi connectivity index (χ0v) is 27.1. The van der Waals surface area contributed by atoms with E-state index in [9.17, 15) is 21.6 Å². The van der Waals surface area contributed by atoms with Crippen molar-refractivity contribution in [1.82, 2.24) is 9.55 Å². The molecule has 236 valence electrons. The van der Waals surface area contributed by atoms with Crippen LogP contribution in [-0.4, -0.2) is 47.2 Å². The van der Waals surface area contributed by atoms with E-state index < -0.39 is 41.7 Å². The van der Waals surface area contributed by atoms with Crippen molar-refractivity contribution in [3.63, 3.8) is 0 Å². The summed E-state index contributed by atoms with van der Waals surface area (Å²) in [6.45, 7) is 3.61. The van der Waals surface area contributed by atoms with Crippen LogP contribution in [0.1, 0.15) is 20.1 Å². The number of alkyl halides is 1. The molecule has 0 fully saturated rings. The van der Waals surface area contributed by atoms with Crippen LogP contribution in [0.25, 0.3) is 21.9 Å². The van der Waals surface area contributed by atoms with Crippen molar-refractivity contribution in [3.05, 3.63) is 109 Å². The number of ketones is 1. The number of benzene rings is 4. The topological polar surface area (TPSA) is 153 Å². The van der Waals surface area contributed by atoms with Crippen molar-refractivity contribution < 1.29 is 35.5 Å². The number of hydrogen-bond donors (Lipinski definition) is 2. The Hall–Kier alpha value is -3.78. The van der Waals surface area contributed by atoms with Crippen LogP contribution in [0.3, 0.4) is 0 Å². The highest BCUT2D eigenvalue weighted by atomic mass is 35.5. The lowest BCUT2D eigenvalue weighted by molar-refractivity contribution is -0.137. The highest BCUT2D eigenvalue weighted by Gasteiger charge is 2.35. The van der Waals surface area contributed by atoms with Crippen molar-refractivity contribution in [2.24, 2.45) is 5.41 Å². The van der Waals surface area contributed by atoms with Crippen LogP contribution < -0.4 is 4.74 Å². The minimum Gasteiger partial charge on any atom is -0.463 e. The lowest BCUT2D eigenvalue weighted by Crippen LogP contribution is -2.36. The van der Waals surface area contributed by atoms with E-state index >= 15 is 0 Å². The van der Waals surface area contributed by atoms with Crippen molar-refractivity contribution in [1.29, 1.82) is 0 Å². The van der Waals surface area contributed by atoms with Crippen LogP contribution in [0.4, 0.5) is 0 Å². The standard InChI is InChI=1S/C21H20Cl2N2O2.C10H8O6S2/c1-21(2,13-22)19(26)20(25-12-11-24-14-25)27-18-9-5-16(6-10-18)15-3-7-17(23)8-4-15;11-17(12,13)9-5-1-3-7-8(9)4-2-6-10(7)18(14,15)16/h3-12,14,20H,13H2,1-2H3;1-6H,(H,11,12,13)(H,14,15,16). The normalized spacial score (nSPS) is 12.7. The SMILES string of the molecule is CC(C)(CCl)C(=O)C(Oc1ccc(-c2ccc(Cl)cc2)cc1)n1ccnc1.O=S(=O)(O)c1cccc2c(S(=O)(=O)O)cccc12. The van der Waals surface area contributed by atoms with E-state index in [-0.39, 0.29) is 22.4 Å². The van der Waals surface area contributed by atoms with E-state index in [1.807, 2.05) is 48.5 Å². The number of carbonyl (C=O) groups is 1. The highest BCUT2D eigenvalue weighted by molar-refractivity contribution is 7.86. The quantitative estimate of drug-likeness (QED) is 0.124. The fourth-order valence-corrected chi connectivity index (χ4v) is 5.93. The molecule has 1 unspecified atom stereocenters. The highest BCUT2D eigenvalue weighted by Crippen LogP contribution is 2.31. The molecule has 0 radical (unpaired) electrons. The fourth-order valence-electron chi connectivity index (χ4n) is 4.26. The smallest absolute Gasteiger partial charge is 0.295 e. The second-order valence-corrected chi connectivity index (χ2v) is 13.9. The molecule has 0 bridgehead atoms. The van der Waals surface area contributed by atoms with E-state index in [1.165, 1.54) is 24.3 Å². The number of aromatic nitrogens is 2. The van der Waals surface area contributed by atoms with Crippen molar-refractivity contribution in [2.75, 3.05) is 5.88 Å². The van der Waals surface area contributed by atoms with Gasteiger partial charge >= 0.3 is 0 Å². The van der Waals surface area contributed by atoms with E-state index in [4.69, 9.17) is 37.0 Å². The molecule has 0 aliphatic rings. The first kappa shape index (κ1) is 34.1. The molecule has 0 saturated heterocycles. The molecule has 1 aromatic heterocycles. The third kappa shape index (κ3) is 8.28. The Morgan fingerprint density at radius 3 is 1.76 bits per heavy atom. The van der Waals surface area contributed by atoms with Gasteiger partial charge in [-0.05, 0) is 47.5 Å². The van der Waals surface area contributed by atoms with Gasteiger partial charge in [-0.3, -0.25) is 18.5 Å². The monoisotopic (exact) mass is 690 g/mol. The van der Waals surface area contributed by atoms with Gasteiger partial charge in [-0.15, -0.1) is 11.6 Å². The summed E-state index contributed by atoms with van der Waals surface area (Å²) in [5.41, 5.74) is 1.36. The molecule has 45 heavy (non-hydrogen) atoms. The maximum atomic E-state index is 12.9. The van der Waals surface area contributed by atoms with Crippen LogP contribution in [0, 0.1) is 5.41 Å². The molecule has 2 N–H and O–H groups in total. The summed E-state index contributed by atoms with van der Waals surface area (Å²) < 4.78 is 70.3. The number of ether oxygens (including phenoxy) is 1. The first-order valence-corrected chi connectivity index (χ1v) is 17.0. The minimum absolute atomic E-state index is 0.0233. The zero-order valence-electron chi connectivity index (χ0n) is 23.9. The second kappa shape index (κ2) is 13.7. The average Bonchev–Trinajstić information content (AvgIpc) is 3.54. The molecule has 4 aromatic carbocycles. The lowest BCUT2D eigenvalue weighted by Gasteiger charge is -2.27. The third-order valence-corrected chi connectivity index (χ3v) is 9.44. The Balaban J connectivity index is 0.000000222. The third-order valence-electron chi connectivity index (χ3n) is 6.70. The summed E-state index contributed by atoms with van der Waals surface area (Å²) in [7, 11) is -8.94. The summed E-state index contributed by atoms with van der Waals surface area (Å²) in [6, 6.07) is 22.7. The molecule has 0 saturated carbocycles. The number of rotatable bonds is 9. The second-order valence-electron chi connectivity index (χ2n) is 10.5. The van der Waals surface area contributed by atoms with Crippen molar-refractivity contribution in [2.45, 2.75) is 29.9 Å². The van der Waals surface area contributed by atoms with Gasteiger partial charge in [-0.1, -0.05) is 74.0 Å². The van der Waals surface area contributed by atoms with Gasteiger partial charge < -0.3 is 4.74 Å². The van der Waals surface area contributed by atoms with E-state index in [1.54, 1.807) is 37.1 Å². The molecule has 1 heterocycles. The molecule has 0 amide bonds. The van der Waals surface area contributed by atoms with E-state index in [0.29, 0.717) is 10.8 Å². The van der Waals surface area contributed by atoms with Gasteiger partial charge in [0, 0.05) is 39.5 Å². The number of halogens is 2. The predicted molar refractivity (Wildman–Crippen MR) is 172 cm³/mol. The van der Waals surface area contributed by atoms with Crippen LogP contribution in [0.5, 0.6) is 5.75 Å². The summed E-state index contributed by atoms with van der Waals surface area (Å²) in [6.07, 6.45) is 4.05. The average molecular weight is 692 g/mol. The van der Waals surface area contributed by atoms with Gasteiger partial charge in [-0.2, -0.15) is 16.8 Å². The summed E-state index contributed by atoms with van der Waals surface area (Å²) in [5.74, 6) is 0.679. The number of nitrogens with zero attached hydrogens (tertiary/aromatic N) is 2. The maximum Gasteiger partial charge on any atom is 0.295 e. The van der Waals surface area contributed by atoms with Gasteiger partial charge in [-0.25, -0.2) is 4.98 Å². The lowest BCUT2D eigenvalue weighted by atomic mass is 9.89. The van der Waals surface area contributed by atoms with E-state index in [0.717, 1.165) is 23.3 Å². The molecule has 0 spiro atoms. The first-order chi connectivity index (χ1) is 21.1. The number of fused-ring (bicyclic) bond motifs is 1. The minimum atomic E-state index is -4.47. The fraction of sp³-hybridized carbons (Fsp3) is 0.161. The molecule has 5 aromatic rings. The number of carbonyl (C=O) groups excluding carboxylic acids is 1. The molecule has 0 aliphatic heterocycles. The summed E-state index contributed by atoms with van der Waals surface area (Å²) >= 11 is 11.9. The Kier molecular flexibility index (Phi) is 10.4. The number of Topliss-reactive ketones (excluding diaryl/α,β-unsaturated/α-hetero) is 1. The van der Waals surface area contributed by atoms with Gasteiger partial charge in [0.05, 0.1) is 6.33 Å². The Morgan fingerprint density at radius 2 is 1.33 bits per heavy atom. The van der Waals surface area contributed by atoms with Gasteiger partial charge in [0.1, 0.15) is 15.5 Å². The van der Waals surface area contributed by atoms with E-state index in [2.05, 4.69) is 4.98 Å². The molecule has 1 atom stereocenters. The number of hydrogen-bond acceptors (Lipinski definition) is 7. The first-order valence-electron chi connectivity index (χ1n) is 13.2. The zero-order chi connectivity index (χ0) is 33.0. The van der Waals surface area contributed by atoms with Gasteiger partial charge in [0.25, 0.3) is 20.2 Å². The van der Waals surface area contributed by atoms with Crippen LogP contribution >= 0.6 is 23.2 Å². The molecule has 14 heteroatoms. The molecular weight excluding hydrogens is 663 g/mol. The Labute approximate surface area is 270 Å². The Bertz CT molecular complexity index is 1940. The maximum absolute atomic E-state index is 12.9. The summed E-state index contributed by atoms with van der Waals surface area (Å²) in [4.78, 5) is 16.1. The van der Waals surface area contributed by atoms with Crippen LogP contribution in [0.2, 0.25) is 5.02 Å². The van der Waals surface area contributed by atoms with Crippen LogP contribution in [-0.2, 0) is 25.0 Å². The molecule has 0 aliphatic carbocycles. The molecule has 10 nitrogen and oxygen atoms in total. The van der Waals surface area contributed by atoms with Gasteiger partial charge in [0.2, 0.25) is 12.0 Å². The van der Waals surface area contributed by atoms with Crippen LogP contribution in [0.15, 0.2) is 113 Å². The largest absolute Gasteiger partial charge is 0.463 e. The predicted octanol–water partition coefficient (Wildman–Crippen LogP) is 6.95. The molecule has 5 rings (SSSR count). The summed E-state index contributed by atoms with van der Waals surface area (Å²) in [5, 5.41) is 0.743. The van der Waals surface area contributed by atoms with Crippen molar-refractivity contribution in [3.8, 4) is 16.9 Å². The number of imidazole rings is 1. The van der Waals surface area contributed by atoms with Gasteiger partial charge in [0.15, 0.2) is 0 Å². The Morgan fingerprint density at radius 1 is 0.844 bits per heavy atom.